The van der Waals surface area contributed by atoms with Crippen LogP contribution in [0.1, 0.15) is 20.3 Å². The Morgan fingerprint density at radius 1 is 1.08 bits per heavy atom. The molecule has 0 saturated heterocycles. The van der Waals surface area contributed by atoms with Crippen molar-refractivity contribution < 1.29 is 0 Å². The van der Waals surface area contributed by atoms with Crippen LogP contribution in [0.2, 0.25) is 0 Å². The van der Waals surface area contributed by atoms with Gasteiger partial charge in [0, 0.05) is 22.0 Å². The van der Waals surface area contributed by atoms with Crippen molar-refractivity contribution in [2.75, 3.05) is 0 Å². The van der Waals surface area contributed by atoms with Crippen LogP contribution >= 0.6 is 58.0 Å². The van der Waals surface area contributed by atoms with Gasteiger partial charge in [0.05, 0.1) is 31.9 Å². The number of allylic oxidation sites excluding steroid dienone is 7. The molecule has 0 fully saturated rings. The molecule has 26 heavy (non-hydrogen) atoms. The SMILES string of the molecule is CC(NC1=C(Cl)C[C@H](C)C=C1Cl)C1C=C(C#N)C(Cl)=C(C#N)C(Cl)=C1Cl. The summed E-state index contributed by atoms with van der Waals surface area (Å²) in [6.07, 6.45) is 4.18. The third-order valence-corrected chi connectivity index (χ3v) is 6.09. The minimum absolute atomic E-state index is 0.0190. The maximum atomic E-state index is 9.37. The second kappa shape index (κ2) is 8.75. The van der Waals surface area contributed by atoms with Crippen LogP contribution in [-0.2, 0) is 0 Å². The highest BCUT2D eigenvalue weighted by molar-refractivity contribution is 6.43. The molecule has 0 aromatic rings. The Labute approximate surface area is 177 Å². The molecule has 136 valence electrons. The van der Waals surface area contributed by atoms with E-state index in [1.165, 1.54) is 0 Å². The Balaban J connectivity index is 2.42. The molecule has 0 aromatic heterocycles. The minimum Gasteiger partial charge on any atom is -0.379 e. The Bertz CT molecular complexity index is 864. The summed E-state index contributed by atoms with van der Waals surface area (Å²) in [6, 6.07) is 3.56. The number of nitrogens with one attached hydrogen (secondary N) is 1. The molecule has 0 radical (unpaired) electrons. The van der Waals surface area contributed by atoms with E-state index in [4.69, 9.17) is 58.0 Å². The number of rotatable bonds is 3. The first-order valence-electron chi connectivity index (χ1n) is 7.71. The van der Waals surface area contributed by atoms with Crippen molar-refractivity contribution in [3.8, 4) is 12.1 Å². The third kappa shape index (κ3) is 4.25. The number of nitrogens with zero attached hydrogens (tertiary/aromatic N) is 2. The summed E-state index contributed by atoms with van der Waals surface area (Å²) in [5, 5.41) is 23.3. The minimum atomic E-state index is -0.501. The van der Waals surface area contributed by atoms with Gasteiger partial charge in [-0.3, -0.25) is 0 Å². The molecule has 1 N–H and O–H groups in total. The van der Waals surface area contributed by atoms with Crippen molar-refractivity contribution in [1.29, 1.82) is 10.5 Å². The van der Waals surface area contributed by atoms with Gasteiger partial charge in [0.25, 0.3) is 0 Å². The quantitative estimate of drug-likeness (QED) is 0.545. The molecule has 0 saturated carbocycles. The number of hydrogen-bond acceptors (Lipinski definition) is 3. The zero-order valence-corrected chi connectivity index (χ0v) is 17.7. The molecule has 2 rings (SSSR count). The number of nitriles is 2. The second-order valence-electron chi connectivity index (χ2n) is 6.09. The second-order valence-corrected chi connectivity index (χ2v) is 8.12. The van der Waals surface area contributed by atoms with Crippen LogP contribution in [0.5, 0.6) is 0 Å². The van der Waals surface area contributed by atoms with Gasteiger partial charge in [0.2, 0.25) is 0 Å². The molecule has 0 aromatic carbocycles. The maximum Gasteiger partial charge on any atom is 0.102 e. The van der Waals surface area contributed by atoms with Gasteiger partial charge in [-0.05, 0) is 19.3 Å². The molecule has 0 amide bonds. The van der Waals surface area contributed by atoms with Crippen molar-refractivity contribution in [3.63, 3.8) is 0 Å². The molecule has 0 spiro atoms. The highest BCUT2D eigenvalue weighted by Crippen LogP contribution is 2.40. The van der Waals surface area contributed by atoms with Gasteiger partial charge in [-0.15, -0.1) is 0 Å². The molecule has 8 heteroatoms. The summed E-state index contributed by atoms with van der Waals surface area (Å²) < 4.78 is 0. The summed E-state index contributed by atoms with van der Waals surface area (Å²) in [5.41, 5.74) is 0.729. The van der Waals surface area contributed by atoms with E-state index in [1.54, 1.807) is 6.08 Å². The highest BCUT2D eigenvalue weighted by atomic mass is 35.5. The first-order valence-corrected chi connectivity index (χ1v) is 9.60. The van der Waals surface area contributed by atoms with Crippen LogP contribution in [0.4, 0.5) is 0 Å². The van der Waals surface area contributed by atoms with Crippen molar-refractivity contribution in [2.45, 2.75) is 26.3 Å². The fourth-order valence-electron chi connectivity index (χ4n) is 2.74. The third-order valence-electron chi connectivity index (χ3n) is 4.11. The topological polar surface area (TPSA) is 59.6 Å². The molecule has 0 heterocycles. The van der Waals surface area contributed by atoms with E-state index in [9.17, 15) is 10.5 Å². The van der Waals surface area contributed by atoms with E-state index in [0.717, 1.165) is 0 Å². The van der Waals surface area contributed by atoms with Crippen molar-refractivity contribution in [1.82, 2.24) is 5.32 Å². The molecule has 3 atom stereocenters. The van der Waals surface area contributed by atoms with Crippen LogP contribution in [0.25, 0.3) is 0 Å². The molecule has 2 unspecified atom stereocenters. The summed E-state index contributed by atoms with van der Waals surface area (Å²) in [6.45, 7) is 3.88. The van der Waals surface area contributed by atoms with E-state index in [1.807, 2.05) is 32.1 Å². The van der Waals surface area contributed by atoms with Gasteiger partial charge in [0.15, 0.2) is 0 Å². The number of halogens is 5. The first-order chi connectivity index (χ1) is 12.2. The number of hydrogen-bond donors (Lipinski definition) is 1. The van der Waals surface area contributed by atoms with E-state index in [-0.39, 0.29) is 38.2 Å². The lowest BCUT2D eigenvalue weighted by Crippen LogP contribution is -2.34. The zero-order chi connectivity index (χ0) is 19.6. The van der Waals surface area contributed by atoms with Crippen LogP contribution in [0.15, 0.2) is 54.2 Å². The van der Waals surface area contributed by atoms with E-state index in [0.29, 0.717) is 22.2 Å². The summed E-state index contributed by atoms with van der Waals surface area (Å²) in [7, 11) is 0. The molecule has 2 aliphatic carbocycles. The van der Waals surface area contributed by atoms with Gasteiger partial charge in [-0.25, -0.2) is 0 Å². The normalized spacial score (nSPS) is 25.1. The van der Waals surface area contributed by atoms with Crippen molar-refractivity contribution in [3.05, 3.63) is 54.2 Å². The van der Waals surface area contributed by atoms with Crippen molar-refractivity contribution in [2.24, 2.45) is 11.8 Å². The van der Waals surface area contributed by atoms with Gasteiger partial charge in [-0.1, -0.05) is 77.1 Å². The van der Waals surface area contributed by atoms with Crippen LogP contribution < -0.4 is 5.32 Å². The first kappa shape index (κ1) is 21.2. The van der Waals surface area contributed by atoms with E-state index in [2.05, 4.69) is 5.32 Å². The Morgan fingerprint density at radius 2 is 1.73 bits per heavy atom. The van der Waals surface area contributed by atoms with Crippen LogP contribution in [0, 0.1) is 34.5 Å². The smallest absolute Gasteiger partial charge is 0.102 e. The summed E-state index contributed by atoms with van der Waals surface area (Å²) >= 11 is 31.5. The largest absolute Gasteiger partial charge is 0.379 e. The zero-order valence-electron chi connectivity index (χ0n) is 13.9. The molecular weight excluding hydrogens is 435 g/mol. The fraction of sp³-hybridized carbons (Fsp3) is 0.333. The Hall–Kier alpha value is -1.07. The molecule has 0 bridgehead atoms. The summed E-state index contributed by atoms with van der Waals surface area (Å²) in [5.74, 6) is -0.253. The van der Waals surface area contributed by atoms with Crippen molar-refractivity contribution >= 4 is 58.0 Å². The maximum absolute atomic E-state index is 9.37. The standard InChI is InChI=1S/C18H14Cl5N3/c1-8-3-13(19)18(14(20)4-8)26-9(2)11-5-10(6-24)15(21)12(7-25)17(23)16(11)22/h3,5,8-9,11,26H,4H2,1-2H3/t8-,9?,11?/m1/s1. The predicted molar refractivity (Wildman–Crippen MR) is 108 cm³/mol. The lowest BCUT2D eigenvalue weighted by Gasteiger charge is -2.27. The highest BCUT2D eigenvalue weighted by Gasteiger charge is 2.30. The van der Waals surface area contributed by atoms with Crippen LogP contribution in [0.3, 0.4) is 0 Å². The summed E-state index contributed by atoms with van der Waals surface area (Å²) in [4.78, 5) is 0. The van der Waals surface area contributed by atoms with Gasteiger partial charge >= 0.3 is 0 Å². The average molecular weight is 450 g/mol. The lowest BCUT2D eigenvalue weighted by atomic mass is 9.96. The van der Waals surface area contributed by atoms with Gasteiger partial charge in [0.1, 0.15) is 12.1 Å². The lowest BCUT2D eigenvalue weighted by molar-refractivity contribution is 0.529. The van der Waals surface area contributed by atoms with E-state index < -0.39 is 5.92 Å². The predicted octanol–water partition coefficient (Wildman–Crippen LogP) is 6.36. The monoisotopic (exact) mass is 447 g/mol. The van der Waals surface area contributed by atoms with Gasteiger partial charge < -0.3 is 5.32 Å². The average Bonchev–Trinajstić information content (AvgIpc) is 2.66. The van der Waals surface area contributed by atoms with Crippen LogP contribution in [-0.4, -0.2) is 6.04 Å². The Kier molecular flexibility index (Phi) is 7.14. The molecule has 0 aliphatic heterocycles. The van der Waals surface area contributed by atoms with Gasteiger partial charge in [-0.2, -0.15) is 10.5 Å². The Morgan fingerprint density at radius 3 is 2.27 bits per heavy atom. The molecule has 3 nitrogen and oxygen atoms in total. The van der Waals surface area contributed by atoms with E-state index >= 15 is 0 Å². The molecule has 2 aliphatic rings. The molecular formula is C18H14Cl5N3. The fourth-order valence-corrected chi connectivity index (χ4v) is 4.47.